The van der Waals surface area contributed by atoms with E-state index in [2.05, 4.69) is 11.1 Å². The minimum atomic E-state index is 0.0360. The molecule has 1 fully saturated rings. The van der Waals surface area contributed by atoms with Crippen LogP contribution >= 0.6 is 11.6 Å². The van der Waals surface area contributed by atoms with Gasteiger partial charge in [-0.2, -0.15) is 5.26 Å². The van der Waals surface area contributed by atoms with E-state index in [1.165, 1.54) is 0 Å². The molecule has 0 atom stereocenters. The number of ether oxygens (including phenoxy) is 2. The van der Waals surface area contributed by atoms with Crippen molar-refractivity contribution in [2.45, 2.75) is 6.42 Å². The predicted octanol–water partition coefficient (Wildman–Crippen LogP) is 2.27. The number of anilines is 1. The highest BCUT2D eigenvalue weighted by Gasteiger charge is 2.24. The van der Waals surface area contributed by atoms with Crippen LogP contribution in [-0.2, 0) is 11.2 Å². The first kappa shape index (κ1) is 18.4. The number of carbonyl (C=O) groups excluding carboxylic acids is 1. The van der Waals surface area contributed by atoms with E-state index in [9.17, 15) is 10.1 Å². The van der Waals surface area contributed by atoms with Crippen LogP contribution < -0.4 is 14.4 Å². The highest BCUT2D eigenvalue weighted by atomic mass is 35.5. The van der Waals surface area contributed by atoms with Crippen molar-refractivity contribution in [3.63, 3.8) is 0 Å². The molecule has 0 spiro atoms. The quantitative estimate of drug-likeness (QED) is 0.789. The van der Waals surface area contributed by atoms with E-state index in [4.69, 9.17) is 21.1 Å². The summed E-state index contributed by atoms with van der Waals surface area (Å²) in [4.78, 5) is 20.9. The zero-order valence-electron chi connectivity index (χ0n) is 15.2. The molecular weight excluding hydrogens is 380 g/mol. The van der Waals surface area contributed by atoms with Gasteiger partial charge in [0.15, 0.2) is 11.5 Å². The molecule has 7 nitrogen and oxygen atoms in total. The summed E-state index contributed by atoms with van der Waals surface area (Å²) in [5.74, 6) is 1.84. The fourth-order valence-corrected chi connectivity index (χ4v) is 3.74. The maximum Gasteiger partial charge on any atom is 0.227 e. The molecule has 1 amide bonds. The van der Waals surface area contributed by atoms with E-state index in [-0.39, 0.29) is 12.3 Å². The summed E-state index contributed by atoms with van der Waals surface area (Å²) in [7, 11) is 0. The van der Waals surface area contributed by atoms with E-state index >= 15 is 0 Å². The second-order valence-electron chi connectivity index (χ2n) is 6.63. The first-order chi connectivity index (χ1) is 13.7. The van der Waals surface area contributed by atoms with Gasteiger partial charge in [0.2, 0.25) is 5.91 Å². The van der Waals surface area contributed by atoms with Gasteiger partial charge in [-0.25, -0.2) is 4.98 Å². The number of aromatic nitrogens is 1. The van der Waals surface area contributed by atoms with E-state index in [0.717, 1.165) is 5.56 Å². The van der Waals surface area contributed by atoms with Crippen molar-refractivity contribution in [3.8, 4) is 17.6 Å². The molecule has 0 N–H and O–H groups in total. The summed E-state index contributed by atoms with van der Waals surface area (Å²) in [6, 6.07) is 9.26. The number of fused-ring (bicyclic) bond motifs is 1. The number of hydrogen-bond acceptors (Lipinski definition) is 6. The number of carbonyl (C=O) groups is 1. The second kappa shape index (κ2) is 7.95. The average molecular weight is 399 g/mol. The zero-order valence-corrected chi connectivity index (χ0v) is 16.0. The Bertz CT molecular complexity index is 936. The van der Waals surface area contributed by atoms with Gasteiger partial charge in [0.25, 0.3) is 0 Å². The molecule has 1 aromatic heterocycles. The van der Waals surface area contributed by atoms with Crippen LogP contribution in [0.15, 0.2) is 30.5 Å². The van der Waals surface area contributed by atoms with Crippen LogP contribution in [0.1, 0.15) is 11.1 Å². The lowest BCUT2D eigenvalue weighted by atomic mass is 10.1. The van der Waals surface area contributed by atoms with Crippen LogP contribution in [-0.4, -0.2) is 55.2 Å². The van der Waals surface area contributed by atoms with Gasteiger partial charge >= 0.3 is 0 Å². The molecule has 2 aromatic rings. The number of nitrogens with zero attached hydrogens (tertiary/aromatic N) is 4. The maximum absolute atomic E-state index is 12.7. The van der Waals surface area contributed by atoms with Crippen molar-refractivity contribution >= 4 is 23.3 Å². The summed E-state index contributed by atoms with van der Waals surface area (Å²) in [6.45, 7) is 3.38. The summed E-state index contributed by atoms with van der Waals surface area (Å²) >= 11 is 6.26. The van der Waals surface area contributed by atoms with E-state index in [1.54, 1.807) is 24.4 Å². The number of amides is 1. The number of rotatable bonds is 3. The molecule has 3 heterocycles. The molecule has 144 valence electrons. The fourth-order valence-electron chi connectivity index (χ4n) is 3.46. The van der Waals surface area contributed by atoms with Gasteiger partial charge in [-0.15, -0.1) is 0 Å². The van der Waals surface area contributed by atoms with Crippen molar-refractivity contribution < 1.29 is 14.3 Å². The molecule has 1 aromatic carbocycles. The second-order valence-corrected chi connectivity index (χ2v) is 7.04. The van der Waals surface area contributed by atoms with Crippen LogP contribution in [0.4, 0.5) is 5.82 Å². The van der Waals surface area contributed by atoms with Crippen LogP contribution in [0.2, 0.25) is 5.02 Å². The smallest absolute Gasteiger partial charge is 0.227 e. The lowest BCUT2D eigenvalue weighted by Gasteiger charge is -2.35. The molecule has 0 bridgehead atoms. The predicted molar refractivity (Wildman–Crippen MR) is 104 cm³/mol. The summed E-state index contributed by atoms with van der Waals surface area (Å²) in [5, 5.41) is 9.71. The Labute approximate surface area is 168 Å². The summed E-state index contributed by atoms with van der Waals surface area (Å²) in [6.07, 6.45) is 1.93. The van der Waals surface area contributed by atoms with Crippen LogP contribution in [0, 0.1) is 11.3 Å². The molecule has 2 aliphatic heterocycles. The molecule has 0 unspecified atom stereocenters. The molecular formula is C20H19ClN4O3. The molecule has 0 saturated carbocycles. The Morgan fingerprint density at radius 3 is 2.79 bits per heavy atom. The van der Waals surface area contributed by atoms with Crippen LogP contribution in [0.5, 0.6) is 11.5 Å². The molecule has 4 rings (SSSR count). The fraction of sp³-hybridized carbons (Fsp3) is 0.350. The van der Waals surface area contributed by atoms with E-state index in [1.807, 2.05) is 15.9 Å². The average Bonchev–Trinajstić information content (AvgIpc) is 2.74. The Balaban J connectivity index is 1.40. The highest BCUT2D eigenvalue weighted by Crippen LogP contribution is 2.38. The van der Waals surface area contributed by atoms with Gasteiger partial charge in [-0.1, -0.05) is 11.6 Å². The lowest BCUT2D eigenvalue weighted by molar-refractivity contribution is -0.130. The van der Waals surface area contributed by atoms with Crippen LogP contribution in [0.3, 0.4) is 0 Å². The number of piperazine rings is 1. The van der Waals surface area contributed by atoms with Crippen molar-refractivity contribution in [2.24, 2.45) is 0 Å². The molecule has 28 heavy (non-hydrogen) atoms. The van der Waals surface area contributed by atoms with Gasteiger partial charge in [-0.05, 0) is 29.8 Å². The number of pyridine rings is 1. The third kappa shape index (κ3) is 3.69. The van der Waals surface area contributed by atoms with Gasteiger partial charge < -0.3 is 19.3 Å². The third-order valence-electron chi connectivity index (χ3n) is 4.85. The van der Waals surface area contributed by atoms with Crippen molar-refractivity contribution in [3.05, 3.63) is 46.6 Å². The van der Waals surface area contributed by atoms with Gasteiger partial charge in [0, 0.05) is 32.4 Å². The molecule has 0 radical (unpaired) electrons. The largest absolute Gasteiger partial charge is 0.486 e. The Kier molecular flexibility index (Phi) is 5.22. The summed E-state index contributed by atoms with van der Waals surface area (Å²) in [5.41, 5.74) is 1.35. The van der Waals surface area contributed by atoms with Gasteiger partial charge in [0.1, 0.15) is 25.1 Å². The van der Waals surface area contributed by atoms with Gasteiger partial charge in [-0.3, -0.25) is 4.79 Å². The third-order valence-corrected chi connectivity index (χ3v) is 5.13. The molecule has 2 aliphatic rings. The number of halogens is 1. The van der Waals surface area contributed by atoms with E-state index in [0.29, 0.717) is 67.3 Å². The highest BCUT2D eigenvalue weighted by molar-refractivity contribution is 6.32. The van der Waals surface area contributed by atoms with Crippen molar-refractivity contribution in [2.75, 3.05) is 44.3 Å². The Morgan fingerprint density at radius 1 is 1.21 bits per heavy atom. The van der Waals surface area contributed by atoms with Gasteiger partial charge in [0.05, 0.1) is 17.0 Å². The lowest BCUT2D eigenvalue weighted by Crippen LogP contribution is -2.49. The maximum atomic E-state index is 12.7. The number of benzene rings is 1. The molecule has 0 aliphatic carbocycles. The summed E-state index contributed by atoms with van der Waals surface area (Å²) < 4.78 is 11.1. The van der Waals surface area contributed by atoms with Crippen molar-refractivity contribution in [1.82, 2.24) is 9.88 Å². The Morgan fingerprint density at radius 2 is 2.00 bits per heavy atom. The first-order valence-electron chi connectivity index (χ1n) is 9.11. The molecule has 8 heteroatoms. The van der Waals surface area contributed by atoms with E-state index < -0.39 is 0 Å². The number of nitriles is 1. The monoisotopic (exact) mass is 398 g/mol. The first-order valence-corrected chi connectivity index (χ1v) is 9.49. The number of hydrogen-bond donors (Lipinski definition) is 0. The Hall–Kier alpha value is -2.98. The normalized spacial score (nSPS) is 15.9. The molecule has 1 saturated heterocycles. The topological polar surface area (TPSA) is 78.7 Å². The van der Waals surface area contributed by atoms with Crippen LogP contribution in [0.25, 0.3) is 0 Å². The minimum absolute atomic E-state index is 0.0360. The standard InChI is InChI=1S/C20H19ClN4O3/c21-16-10-14(11-17-19(16)28-9-8-27-17)12-18(26)24-4-6-25(7-5-24)20-15(13-22)2-1-3-23-20/h1-3,10-11H,4-9,12H2. The SMILES string of the molecule is N#Cc1cccnc1N1CCN(C(=O)Cc2cc(Cl)c3c(c2)OCCO3)CC1. The zero-order chi connectivity index (χ0) is 19.5. The minimum Gasteiger partial charge on any atom is -0.486 e. The van der Waals surface area contributed by atoms with Crippen molar-refractivity contribution in [1.29, 1.82) is 5.26 Å².